The van der Waals surface area contributed by atoms with Gasteiger partial charge in [0, 0.05) is 0 Å². The van der Waals surface area contributed by atoms with Crippen LogP contribution in [-0.2, 0) is 13.0 Å². The molecule has 0 unspecified atom stereocenters. The van der Waals surface area contributed by atoms with E-state index in [0.29, 0.717) is 13.2 Å². The largest absolute Gasteiger partial charge is 0.490 e. The highest BCUT2D eigenvalue weighted by atomic mass is 16.5. The number of nitrogens with zero attached hydrogens (tertiary/aromatic N) is 1. The summed E-state index contributed by atoms with van der Waals surface area (Å²) in [6, 6.07) is 14.6. The van der Waals surface area contributed by atoms with Crippen LogP contribution in [0.2, 0.25) is 0 Å². The van der Waals surface area contributed by atoms with Crippen molar-refractivity contribution < 1.29 is 9.47 Å². The molecule has 0 N–H and O–H groups in total. The van der Waals surface area contributed by atoms with Gasteiger partial charge in [0.2, 0.25) is 0 Å². The van der Waals surface area contributed by atoms with Crippen molar-refractivity contribution in [1.29, 1.82) is 0 Å². The zero-order chi connectivity index (χ0) is 17.4. The van der Waals surface area contributed by atoms with Crippen LogP contribution < -0.4 is 9.47 Å². The summed E-state index contributed by atoms with van der Waals surface area (Å²) in [6.45, 7) is 6.41. The maximum atomic E-state index is 6.02. The molecule has 0 aliphatic carbocycles. The molecule has 0 radical (unpaired) electrons. The minimum atomic E-state index is 0.562. The average molecular weight is 327 g/mol. The van der Waals surface area contributed by atoms with E-state index in [0.717, 1.165) is 30.9 Å². The van der Waals surface area contributed by atoms with E-state index in [1.54, 1.807) is 0 Å². The Morgan fingerprint density at radius 1 is 0.958 bits per heavy atom. The fraction of sp³-hybridized carbons (Fsp3) is 0.429. The summed E-state index contributed by atoms with van der Waals surface area (Å²) in [5.41, 5.74) is 3.74. The van der Waals surface area contributed by atoms with Crippen LogP contribution in [-0.4, -0.2) is 32.1 Å². The van der Waals surface area contributed by atoms with Gasteiger partial charge in [-0.15, -0.1) is 0 Å². The highest BCUT2D eigenvalue weighted by Crippen LogP contribution is 2.30. The smallest absolute Gasteiger partial charge is 0.161 e. The number of aryl methyl sites for hydroxylation is 2. The zero-order valence-electron chi connectivity index (χ0n) is 15.3. The lowest BCUT2D eigenvalue weighted by Gasteiger charge is -2.15. The molecular formula is C21H29NO2. The van der Waals surface area contributed by atoms with Gasteiger partial charge in [0.25, 0.3) is 0 Å². The van der Waals surface area contributed by atoms with Gasteiger partial charge in [-0.2, -0.15) is 0 Å². The minimum Gasteiger partial charge on any atom is -0.490 e. The Balaban J connectivity index is 2.04. The van der Waals surface area contributed by atoms with Gasteiger partial charge in [-0.25, -0.2) is 0 Å². The standard InChI is InChI=1S/C21H29NO2/c1-5-23-21-15-18(10-8-14-22(3)4)12-13-20(21)24-16-19-11-7-6-9-17(19)2/h6-7,9,11-13,15H,5,8,10,14,16H2,1-4H3. The molecule has 3 heteroatoms. The highest BCUT2D eigenvalue weighted by molar-refractivity contribution is 5.43. The third-order valence-electron chi connectivity index (χ3n) is 4.02. The van der Waals surface area contributed by atoms with E-state index >= 15 is 0 Å². The van der Waals surface area contributed by atoms with Crippen molar-refractivity contribution >= 4 is 0 Å². The number of hydrogen-bond donors (Lipinski definition) is 0. The molecule has 0 amide bonds. The summed E-state index contributed by atoms with van der Waals surface area (Å²) in [5, 5.41) is 0. The van der Waals surface area contributed by atoms with Crippen molar-refractivity contribution in [2.24, 2.45) is 0 Å². The van der Waals surface area contributed by atoms with E-state index in [4.69, 9.17) is 9.47 Å². The van der Waals surface area contributed by atoms with Crippen molar-refractivity contribution in [3.8, 4) is 11.5 Å². The first-order valence-corrected chi connectivity index (χ1v) is 8.68. The van der Waals surface area contributed by atoms with Crippen LogP contribution in [0.1, 0.15) is 30.0 Å². The normalized spacial score (nSPS) is 10.9. The van der Waals surface area contributed by atoms with Crippen LogP contribution in [0.5, 0.6) is 11.5 Å². The quantitative estimate of drug-likeness (QED) is 0.678. The van der Waals surface area contributed by atoms with Gasteiger partial charge >= 0.3 is 0 Å². The Morgan fingerprint density at radius 3 is 2.46 bits per heavy atom. The second-order valence-electron chi connectivity index (χ2n) is 6.34. The van der Waals surface area contributed by atoms with Crippen molar-refractivity contribution in [2.45, 2.75) is 33.3 Å². The number of hydrogen-bond acceptors (Lipinski definition) is 3. The molecule has 2 aromatic carbocycles. The number of benzene rings is 2. The van der Waals surface area contributed by atoms with Gasteiger partial charge in [0.1, 0.15) is 6.61 Å². The van der Waals surface area contributed by atoms with Crippen molar-refractivity contribution in [3.63, 3.8) is 0 Å². The van der Waals surface area contributed by atoms with Gasteiger partial charge in [0.05, 0.1) is 6.61 Å². The Morgan fingerprint density at radius 2 is 1.75 bits per heavy atom. The SMILES string of the molecule is CCOc1cc(CCCN(C)C)ccc1OCc1ccccc1C. The molecule has 0 aliphatic heterocycles. The van der Waals surface area contributed by atoms with Gasteiger partial charge < -0.3 is 14.4 Å². The van der Waals surface area contributed by atoms with Crippen LogP contribution in [0.3, 0.4) is 0 Å². The predicted octanol–water partition coefficient (Wildman–Crippen LogP) is 4.47. The lowest BCUT2D eigenvalue weighted by atomic mass is 10.1. The Kier molecular flexibility index (Phi) is 7.13. The van der Waals surface area contributed by atoms with Crippen LogP contribution in [0.15, 0.2) is 42.5 Å². The van der Waals surface area contributed by atoms with Crippen molar-refractivity contribution in [3.05, 3.63) is 59.2 Å². The molecule has 0 fully saturated rings. The van der Waals surface area contributed by atoms with E-state index in [-0.39, 0.29) is 0 Å². The molecule has 0 spiro atoms. The lowest BCUT2D eigenvalue weighted by molar-refractivity contribution is 0.268. The van der Waals surface area contributed by atoms with Crippen LogP contribution >= 0.6 is 0 Å². The Bertz CT molecular complexity index is 637. The molecule has 0 aliphatic rings. The maximum Gasteiger partial charge on any atom is 0.161 e. The minimum absolute atomic E-state index is 0.562. The molecule has 0 atom stereocenters. The Labute approximate surface area is 146 Å². The highest BCUT2D eigenvalue weighted by Gasteiger charge is 2.08. The number of rotatable bonds is 9. The third kappa shape index (κ3) is 5.57. The second kappa shape index (κ2) is 9.33. The topological polar surface area (TPSA) is 21.7 Å². The monoisotopic (exact) mass is 327 g/mol. The fourth-order valence-corrected chi connectivity index (χ4v) is 2.62. The second-order valence-corrected chi connectivity index (χ2v) is 6.34. The molecule has 2 aromatic rings. The van der Waals surface area contributed by atoms with E-state index in [2.05, 4.69) is 50.2 Å². The van der Waals surface area contributed by atoms with E-state index in [9.17, 15) is 0 Å². The van der Waals surface area contributed by atoms with E-state index < -0.39 is 0 Å². The zero-order valence-corrected chi connectivity index (χ0v) is 15.3. The molecule has 3 nitrogen and oxygen atoms in total. The molecule has 0 saturated heterocycles. The first-order valence-electron chi connectivity index (χ1n) is 8.68. The van der Waals surface area contributed by atoms with Gasteiger partial charge in [-0.05, 0) is 76.2 Å². The fourth-order valence-electron chi connectivity index (χ4n) is 2.62. The molecule has 130 valence electrons. The third-order valence-corrected chi connectivity index (χ3v) is 4.02. The maximum absolute atomic E-state index is 6.02. The lowest BCUT2D eigenvalue weighted by Crippen LogP contribution is -2.13. The predicted molar refractivity (Wildman–Crippen MR) is 100.0 cm³/mol. The summed E-state index contributed by atoms with van der Waals surface area (Å²) in [5.74, 6) is 1.66. The van der Waals surface area contributed by atoms with Gasteiger partial charge in [0.15, 0.2) is 11.5 Å². The van der Waals surface area contributed by atoms with Crippen LogP contribution in [0.4, 0.5) is 0 Å². The van der Waals surface area contributed by atoms with E-state index in [1.165, 1.54) is 16.7 Å². The molecular weight excluding hydrogens is 298 g/mol. The first-order chi connectivity index (χ1) is 11.6. The summed E-state index contributed by atoms with van der Waals surface area (Å²) < 4.78 is 11.8. The van der Waals surface area contributed by atoms with E-state index in [1.807, 2.05) is 25.1 Å². The molecule has 2 rings (SSSR count). The Hall–Kier alpha value is -2.00. The van der Waals surface area contributed by atoms with Crippen molar-refractivity contribution in [1.82, 2.24) is 4.90 Å². The van der Waals surface area contributed by atoms with Crippen LogP contribution in [0, 0.1) is 6.92 Å². The molecule has 0 aromatic heterocycles. The molecule has 24 heavy (non-hydrogen) atoms. The summed E-state index contributed by atoms with van der Waals surface area (Å²) in [7, 11) is 4.21. The molecule has 0 bridgehead atoms. The van der Waals surface area contributed by atoms with Gasteiger partial charge in [-0.1, -0.05) is 30.3 Å². The summed E-state index contributed by atoms with van der Waals surface area (Å²) in [6.07, 6.45) is 2.19. The summed E-state index contributed by atoms with van der Waals surface area (Å²) >= 11 is 0. The summed E-state index contributed by atoms with van der Waals surface area (Å²) in [4.78, 5) is 2.21. The molecule has 0 heterocycles. The first kappa shape index (κ1) is 18.3. The van der Waals surface area contributed by atoms with Gasteiger partial charge in [-0.3, -0.25) is 0 Å². The average Bonchev–Trinajstić information content (AvgIpc) is 2.55. The molecule has 0 saturated carbocycles. The van der Waals surface area contributed by atoms with Crippen LogP contribution in [0.25, 0.3) is 0 Å². The van der Waals surface area contributed by atoms with Crippen molar-refractivity contribution in [2.75, 3.05) is 27.2 Å². The number of ether oxygens (including phenoxy) is 2.